The summed E-state index contributed by atoms with van der Waals surface area (Å²) in [5, 5.41) is 21.6. The number of aryl methyl sites for hydroxylation is 4. The minimum Gasteiger partial charge on any atom is -1.00 e. The van der Waals surface area contributed by atoms with E-state index in [4.69, 9.17) is 5.73 Å². The molecule has 2 aliphatic heterocycles. The molecule has 6 rings (SSSR count). The van der Waals surface area contributed by atoms with Crippen molar-refractivity contribution >= 4 is 57.8 Å². The zero-order chi connectivity index (χ0) is 50.8. The number of fused-ring (bicyclic) bond motifs is 2. The van der Waals surface area contributed by atoms with Gasteiger partial charge < -0.3 is 100 Å². The van der Waals surface area contributed by atoms with Gasteiger partial charge in [-0.1, -0.05) is 10.2 Å². The second-order valence-corrected chi connectivity index (χ2v) is 16.6. The van der Waals surface area contributed by atoms with Crippen LogP contribution in [0.5, 0.6) is 0 Å². The Balaban J connectivity index is 0.000000737. The van der Waals surface area contributed by atoms with E-state index in [9.17, 15) is 35.9 Å². The summed E-state index contributed by atoms with van der Waals surface area (Å²) in [4.78, 5) is 31.5. The van der Waals surface area contributed by atoms with Crippen molar-refractivity contribution in [3.63, 3.8) is 0 Å². The summed E-state index contributed by atoms with van der Waals surface area (Å²) in [6, 6.07) is 12.1. The number of hydrogen-bond donors (Lipinski definition) is 4. The van der Waals surface area contributed by atoms with E-state index in [1.54, 1.807) is 21.5 Å². The molecule has 416 valence electrons. The lowest BCUT2D eigenvalue weighted by Crippen LogP contribution is -3.00. The molecule has 2 aromatic carbocycles. The van der Waals surface area contributed by atoms with Crippen LogP contribution in [0.1, 0.15) is 53.4 Å². The molecule has 0 unspecified atom stereocenters. The Labute approximate surface area is 462 Å². The first-order chi connectivity index (χ1) is 33.6. The molecule has 18 nitrogen and oxygen atoms in total. The molecule has 0 bridgehead atoms. The maximum Gasteiger partial charge on any atom is 0.471 e. The van der Waals surface area contributed by atoms with Gasteiger partial charge in [0.1, 0.15) is 11.4 Å². The molecule has 2 amide bonds. The maximum absolute atomic E-state index is 12.4. The molecule has 2 aromatic heterocycles. The molecule has 4 heterocycles. The maximum atomic E-state index is 12.4. The Morgan fingerprint density at radius 2 is 0.973 bits per heavy atom. The largest absolute Gasteiger partial charge is 1.00 e. The number of azo groups is 2. The highest BCUT2D eigenvalue weighted by Crippen LogP contribution is 2.38. The van der Waals surface area contributed by atoms with E-state index in [0.29, 0.717) is 18.2 Å². The normalized spacial score (nSPS) is 13.2. The zero-order valence-electron chi connectivity index (χ0n) is 42.2. The van der Waals surface area contributed by atoms with E-state index in [1.165, 1.54) is 11.4 Å². The van der Waals surface area contributed by atoms with Gasteiger partial charge in [-0.25, -0.2) is 18.3 Å². The predicted octanol–water partition coefficient (Wildman–Crippen LogP) is -6.15. The van der Waals surface area contributed by atoms with E-state index >= 15 is 0 Å². The number of carbonyl (C=O) groups is 2. The van der Waals surface area contributed by atoms with Gasteiger partial charge in [-0.3, -0.25) is 9.59 Å². The first-order valence-corrected chi connectivity index (χ1v) is 24.0. The van der Waals surface area contributed by atoms with Crippen molar-refractivity contribution in [3.8, 4) is 0 Å². The molecule has 4 aromatic rings. The number of carbonyl (C=O) groups excluding carboxylic acids is 2. The average molecular weight is 1220 g/mol. The number of anilines is 4. The SMILES string of the molecule is CCN1CCN(CC)c2cc(N=Nc3n(CCCN)cc[n+]3CCC[NH3+])ccc21.CCN1CCN(CC)c2cc(N=Nc3n(CCCNC(=O)C(F)(F)F)cc[n+]3CCCNC(=O)C(F)(F)F)ccc21.[Br-].[Br-].[Cl-].[Cl-]. The van der Waals surface area contributed by atoms with Crippen LogP contribution in [0, 0.1) is 0 Å². The lowest BCUT2D eigenvalue weighted by atomic mass is 10.1. The van der Waals surface area contributed by atoms with Gasteiger partial charge in [0.2, 0.25) is 0 Å². The number of quaternary nitrogens is 1. The highest BCUT2D eigenvalue weighted by molar-refractivity contribution is 5.82. The third-order valence-corrected chi connectivity index (χ3v) is 12.0. The fourth-order valence-electron chi connectivity index (χ4n) is 8.17. The highest BCUT2D eigenvalue weighted by Gasteiger charge is 2.39. The first kappa shape index (κ1) is 67.3. The number of hydrogen-bond acceptors (Lipinski definition) is 11. The summed E-state index contributed by atoms with van der Waals surface area (Å²) in [6.45, 7) is 19.3. The summed E-state index contributed by atoms with van der Waals surface area (Å²) in [7, 11) is 0. The molecule has 0 radical (unpaired) electrons. The number of nitrogens with two attached hydrogens (primary N) is 1. The number of halogens is 10. The fourth-order valence-corrected chi connectivity index (χ4v) is 8.17. The van der Waals surface area contributed by atoms with Crippen LogP contribution in [0.2, 0.25) is 0 Å². The molecule has 0 aliphatic carbocycles. The first-order valence-electron chi connectivity index (χ1n) is 24.0. The minimum atomic E-state index is -4.98. The summed E-state index contributed by atoms with van der Waals surface area (Å²) in [5.41, 5.74) is 15.7. The van der Waals surface area contributed by atoms with Crippen molar-refractivity contribution < 1.29 is 110 Å². The number of amides is 2. The van der Waals surface area contributed by atoms with Gasteiger partial charge >= 0.3 is 36.1 Å². The van der Waals surface area contributed by atoms with E-state index in [2.05, 4.69) is 113 Å². The summed E-state index contributed by atoms with van der Waals surface area (Å²) < 4.78 is 82.2. The third kappa shape index (κ3) is 18.8. The van der Waals surface area contributed by atoms with Crippen LogP contribution in [0.4, 0.5) is 72.4 Å². The van der Waals surface area contributed by atoms with Gasteiger partial charge in [-0.2, -0.15) is 26.3 Å². The minimum absolute atomic E-state index is 0. The van der Waals surface area contributed by atoms with Gasteiger partial charge in [-0.15, -0.1) is 0 Å². The molecule has 0 saturated carbocycles. The van der Waals surface area contributed by atoms with Crippen molar-refractivity contribution in [1.82, 2.24) is 19.8 Å². The number of aromatic nitrogens is 4. The Morgan fingerprint density at radius 1 is 0.595 bits per heavy atom. The number of nitrogens with zero attached hydrogens (tertiary/aromatic N) is 12. The molecule has 7 N–H and O–H groups in total. The van der Waals surface area contributed by atoms with Crippen molar-refractivity contribution in [2.24, 2.45) is 26.2 Å². The lowest BCUT2D eigenvalue weighted by molar-refractivity contribution is -0.686. The molecule has 0 fully saturated rings. The predicted molar refractivity (Wildman–Crippen MR) is 255 cm³/mol. The van der Waals surface area contributed by atoms with E-state index in [-0.39, 0.29) is 97.8 Å². The van der Waals surface area contributed by atoms with Crippen LogP contribution < -0.4 is 110 Å². The molecule has 74 heavy (non-hydrogen) atoms. The Morgan fingerprint density at radius 3 is 1.35 bits per heavy atom. The quantitative estimate of drug-likeness (QED) is 0.0261. The third-order valence-electron chi connectivity index (χ3n) is 12.0. The van der Waals surface area contributed by atoms with Crippen LogP contribution >= 0.6 is 0 Å². The highest BCUT2D eigenvalue weighted by atomic mass is 79.9. The Kier molecular flexibility index (Phi) is 29.7. The van der Waals surface area contributed by atoms with Gasteiger partial charge in [0, 0.05) is 82.1 Å². The van der Waals surface area contributed by atoms with Crippen molar-refractivity contribution in [2.45, 2.75) is 91.9 Å². The van der Waals surface area contributed by atoms with E-state index in [0.717, 1.165) is 108 Å². The van der Waals surface area contributed by atoms with Crippen LogP contribution in [0.3, 0.4) is 0 Å². The Bertz CT molecular complexity index is 2310. The van der Waals surface area contributed by atoms with Crippen LogP contribution in [0.25, 0.3) is 0 Å². The molecule has 0 spiro atoms. The van der Waals surface area contributed by atoms with Crippen LogP contribution in [-0.4, -0.2) is 112 Å². The van der Waals surface area contributed by atoms with Crippen molar-refractivity contribution in [2.75, 3.05) is 98.1 Å². The van der Waals surface area contributed by atoms with E-state index < -0.39 is 24.2 Å². The summed E-state index contributed by atoms with van der Waals surface area (Å²) in [5.74, 6) is -2.89. The molecule has 28 heteroatoms. The molecule has 0 atom stereocenters. The van der Waals surface area contributed by atoms with Crippen LogP contribution in [0.15, 0.2) is 81.6 Å². The van der Waals surface area contributed by atoms with Crippen LogP contribution in [-0.2, 0) is 35.8 Å². The second kappa shape index (κ2) is 32.6. The Hall–Kier alpha value is -4.76. The zero-order valence-corrected chi connectivity index (χ0v) is 46.8. The number of benzene rings is 2. The summed E-state index contributed by atoms with van der Waals surface area (Å²) >= 11 is 0. The fraction of sp³-hybridized carbons (Fsp3) is 0.565. The molecular weight excluding hydrogens is 1150 g/mol. The van der Waals surface area contributed by atoms with Crippen molar-refractivity contribution in [3.05, 3.63) is 61.2 Å². The standard InChI is InChI=1S/C25H32F6N8O2.C21H35N8.2BrH.2ClH/c1-3-36-13-14-37(4-2)20-17-18(7-8-19(20)36)34-35-23-38(11-5-9-32-21(40)24(26,27)28)15-16-39(23)12-6-10-33-22(41)25(29,30)31;1-3-26-13-14-27(4-2)20-17-18(7-8-19(20)26)24-25-21-28(11-5-9-22)15-16-29(21)12-6-10-23;;;;/h7-8,15-17H,3-6,9-14H2,1-2H3,(H-,32,33,40,41);7-8,15-17H,3-6,9-14,22-23H2,1-2H3;4*1H/q;+1;;;;/p-2. The number of likely N-dealkylation sites (N-methyl/N-ethyl adjacent to an activating group) is 4. The molecular formula is C46H69Br2Cl2F6N16O2-. The average Bonchev–Trinajstić information content (AvgIpc) is 3.94. The number of alkyl halides is 6. The van der Waals surface area contributed by atoms with Gasteiger partial charge in [0.15, 0.2) is 0 Å². The number of imidazole rings is 2. The molecule has 2 aliphatic rings. The van der Waals surface area contributed by atoms with Gasteiger partial charge in [0.05, 0.1) is 80.3 Å². The summed E-state index contributed by atoms with van der Waals surface area (Å²) in [6.07, 6.45) is -0.354. The van der Waals surface area contributed by atoms with Crippen molar-refractivity contribution in [1.29, 1.82) is 0 Å². The molecule has 0 saturated heterocycles. The van der Waals surface area contributed by atoms with E-state index in [1.807, 2.05) is 28.8 Å². The number of rotatable bonds is 22. The second-order valence-electron chi connectivity index (χ2n) is 16.6. The monoisotopic (exact) mass is 1220 g/mol. The smallest absolute Gasteiger partial charge is 0.471 e. The number of nitrogens with one attached hydrogen (secondary N) is 2. The topological polar surface area (TPSA) is 192 Å². The lowest BCUT2D eigenvalue weighted by Gasteiger charge is -2.38. The van der Waals surface area contributed by atoms with Gasteiger partial charge in [0.25, 0.3) is 0 Å². The van der Waals surface area contributed by atoms with Gasteiger partial charge in [-0.05, 0) is 89.9 Å².